The Morgan fingerprint density at radius 1 is 1.10 bits per heavy atom. The number of rotatable bonds is 3. The van der Waals surface area contributed by atoms with Gasteiger partial charge >= 0.3 is 0 Å². The molecular weight excluding hydrogens is 248 g/mol. The first kappa shape index (κ1) is 12.6. The van der Waals surface area contributed by atoms with Crippen molar-refractivity contribution in [3.63, 3.8) is 0 Å². The standard InChI is InChI=1S/C16H24N4/c1-5-16(12-19(9-1)11-14-3-4-14)6-10-20(13-16)15-17-7-2-8-18-15/h2,7-8,14H,1,3-6,9-13H2. The van der Waals surface area contributed by atoms with Crippen LogP contribution in [-0.2, 0) is 0 Å². The molecule has 1 aliphatic carbocycles. The van der Waals surface area contributed by atoms with E-state index in [0.29, 0.717) is 5.41 Å². The second kappa shape index (κ2) is 4.99. The lowest BCUT2D eigenvalue weighted by Crippen LogP contribution is -2.45. The summed E-state index contributed by atoms with van der Waals surface area (Å²) in [6, 6.07) is 1.90. The van der Waals surface area contributed by atoms with E-state index in [4.69, 9.17) is 0 Å². The van der Waals surface area contributed by atoms with Crippen molar-refractivity contribution >= 4 is 5.95 Å². The van der Waals surface area contributed by atoms with Crippen LogP contribution in [0.25, 0.3) is 0 Å². The molecule has 108 valence electrons. The minimum atomic E-state index is 0.506. The Bertz CT molecular complexity index is 459. The molecule has 3 heterocycles. The van der Waals surface area contributed by atoms with Crippen molar-refractivity contribution in [1.29, 1.82) is 0 Å². The van der Waals surface area contributed by atoms with Crippen molar-refractivity contribution in [2.75, 3.05) is 37.6 Å². The monoisotopic (exact) mass is 272 g/mol. The fourth-order valence-electron chi connectivity index (χ4n) is 4.02. The summed E-state index contributed by atoms with van der Waals surface area (Å²) in [6.45, 7) is 6.25. The van der Waals surface area contributed by atoms with Gasteiger partial charge in [0, 0.05) is 44.0 Å². The predicted molar refractivity (Wildman–Crippen MR) is 79.7 cm³/mol. The molecule has 1 aromatic heterocycles. The van der Waals surface area contributed by atoms with E-state index in [0.717, 1.165) is 25.0 Å². The van der Waals surface area contributed by atoms with Gasteiger partial charge in [-0.15, -0.1) is 0 Å². The second-order valence-corrected chi connectivity index (χ2v) is 7.00. The Morgan fingerprint density at radius 3 is 2.75 bits per heavy atom. The van der Waals surface area contributed by atoms with Crippen LogP contribution in [0.1, 0.15) is 32.1 Å². The quantitative estimate of drug-likeness (QED) is 0.844. The molecule has 0 bridgehead atoms. The van der Waals surface area contributed by atoms with Crippen LogP contribution in [0.3, 0.4) is 0 Å². The Morgan fingerprint density at radius 2 is 1.95 bits per heavy atom. The molecule has 0 radical (unpaired) electrons. The third kappa shape index (κ3) is 2.53. The summed E-state index contributed by atoms with van der Waals surface area (Å²) >= 11 is 0. The average molecular weight is 272 g/mol. The first-order valence-corrected chi connectivity index (χ1v) is 8.07. The number of hydrogen-bond acceptors (Lipinski definition) is 4. The van der Waals surface area contributed by atoms with Gasteiger partial charge in [-0.1, -0.05) is 0 Å². The van der Waals surface area contributed by atoms with Gasteiger partial charge in [-0.25, -0.2) is 9.97 Å². The summed E-state index contributed by atoms with van der Waals surface area (Å²) in [7, 11) is 0. The highest BCUT2D eigenvalue weighted by atomic mass is 15.3. The van der Waals surface area contributed by atoms with Crippen LogP contribution in [0.2, 0.25) is 0 Å². The molecule has 0 amide bonds. The summed E-state index contributed by atoms with van der Waals surface area (Å²) in [5, 5.41) is 0. The van der Waals surface area contributed by atoms with Gasteiger partial charge in [0.05, 0.1) is 0 Å². The second-order valence-electron chi connectivity index (χ2n) is 7.00. The van der Waals surface area contributed by atoms with Crippen molar-refractivity contribution in [3.8, 4) is 0 Å². The third-order valence-corrected chi connectivity index (χ3v) is 5.23. The highest BCUT2D eigenvalue weighted by molar-refractivity contribution is 5.32. The summed E-state index contributed by atoms with van der Waals surface area (Å²) in [5.41, 5.74) is 0.506. The van der Waals surface area contributed by atoms with Gasteiger partial charge in [-0.05, 0) is 50.6 Å². The maximum absolute atomic E-state index is 4.42. The van der Waals surface area contributed by atoms with Crippen LogP contribution in [0, 0.1) is 11.3 Å². The van der Waals surface area contributed by atoms with Gasteiger partial charge in [0.1, 0.15) is 0 Å². The van der Waals surface area contributed by atoms with Crippen LogP contribution in [-0.4, -0.2) is 47.6 Å². The molecule has 4 rings (SSSR count). The first-order valence-electron chi connectivity index (χ1n) is 8.07. The van der Waals surface area contributed by atoms with Crippen molar-refractivity contribution < 1.29 is 0 Å². The molecular formula is C16H24N4. The molecule has 0 N–H and O–H groups in total. The summed E-state index contributed by atoms with van der Waals surface area (Å²) < 4.78 is 0. The van der Waals surface area contributed by atoms with Crippen LogP contribution >= 0.6 is 0 Å². The summed E-state index contributed by atoms with van der Waals surface area (Å²) in [5.74, 6) is 1.93. The predicted octanol–water partition coefficient (Wildman–Crippen LogP) is 2.18. The highest BCUT2D eigenvalue weighted by Crippen LogP contribution is 2.41. The van der Waals surface area contributed by atoms with Gasteiger partial charge < -0.3 is 9.80 Å². The first-order chi connectivity index (χ1) is 9.83. The molecule has 3 aliphatic rings. The molecule has 2 aliphatic heterocycles. The average Bonchev–Trinajstić information content (AvgIpc) is 3.20. The van der Waals surface area contributed by atoms with Gasteiger partial charge in [-0.2, -0.15) is 0 Å². The molecule has 4 heteroatoms. The zero-order valence-electron chi connectivity index (χ0n) is 12.2. The fraction of sp³-hybridized carbons (Fsp3) is 0.750. The fourth-order valence-corrected chi connectivity index (χ4v) is 4.02. The molecule has 1 atom stereocenters. The molecule has 1 unspecified atom stereocenters. The highest BCUT2D eigenvalue weighted by Gasteiger charge is 2.42. The molecule has 2 saturated heterocycles. The van der Waals surface area contributed by atoms with Gasteiger partial charge in [0.2, 0.25) is 5.95 Å². The summed E-state index contributed by atoms with van der Waals surface area (Å²) in [4.78, 5) is 14.0. The Balaban J connectivity index is 1.43. The van der Waals surface area contributed by atoms with Crippen molar-refractivity contribution in [2.24, 2.45) is 11.3 Å². The minimum absolute atomic E-state index is 0.506. The normalized spacial score (nSPS) is 31.1. The van der Waals surface area contributed by atoms with E-state index in [-0.39, 0.29) is 0 Å². The van der Waals surface area contributed by atoms with E-state index >= 15 is 0 Å². The lowest BCUT2D eigenvalue weighted by Gasteiger charge is -2.40. The molecule has 1 aromatic rings. The van der Waals surface area contributed by atoms with E-state index in [1.165, 1.54) is 51.7 Å². The lowest BCUT2D eigenvalue weighted by atomic mass is 9.79. The number of piperidine rings is 1. The topological polar surface area (TPSA) is 32.3 Å². The zero-order chi connectivity index (χ0) is 13.4. The maximum atomic E-state index is 4.42. The summed E-state index contributed by atoms with van der Waals surface area (Å²) in [6.07, 6.45) is 10.7. The molecule has 3 fully saturated rings. The number of nitrogens with zero attached hydrogens (tertiary/aromatic N) is 4. The van der Waals surface area contributed by atoms with Crippen molar-refractivity contribution in [3.05, 3.63) is 18.5 Å². The molecule has 20 heavy (non-hydrogen) atoms. The molecule has 1 saturated carbocycles. The van der Waals surface area contributed by atoms with E-state index < -0.39 is 0 Å². The Labute approximate surface area is 121 Å². The van der Waals surface area contributed by atoms with E-state index in [1.54, 1.807) is 0 Å². The smallest absolute Gasteiger partial charge is 0.225 e. The van der Waals surface area contributed by atoms with Crippen molar-refractivity contribution in [2.45, 2.75) is 32.1 Å². The van der Waals surface area contributed by atoms with E-state index in [2.05, 4.69) is 19.8 Å². The third-order valence-electron chi connectivity index (χ3n) is 5.23. The Hall–Kier alpha value is -1.16. The molecule has 4 nitrogen and oxygen atoms in total. The molecule has 1 spiro atoms. The SMILES string of the molecule is c1cnc(N2CCC3(CCCN(CC4CC4)C3)C2)nc1. The van der Waals surface area contributed by atoms with E-state index in [9.17, 15) is 0 Å². The maximum Gasteiger partial charge on any atom is 0.225 e. The van der Waals surface area contributed by atoms with E-state index in [1.807, 2.05) is 18.5 Å². The van der Waals surface area contributed by atoms with Gasteiger partial charge in [0.15, 0.2) is 0 Å². The number of anilines is 1. The van der Waals surface area contributed by atoms with Crippen LogP contribution in [0.5, 0.6) is 0 Å². The number of hydrogen-bond donors (Lipinski definition) is 0. The van der Waals surface area contributed by atoms with Crippen LogP contribution < -0.4 is 4.90 Å². The minimum Gasteiger partial charge on any atom is -0.340 e. The number of aromatic nitrogens is 2. The van der Waals surface area contributed by atoms with Crippen molar-refractivity contribution in [1.82, 2.24) is 14.9 Å². The van der Waals surface area contributed by atoms with Gasteiger partial charge in [0.25, 0.3) is 0 Å². The lowest BCUT2D eigenvalue weighted by molar-refractivity contribution is 0.101. The van der Waals surface area contributed by atoms with Crippen LogP contribution in [0.4, 0.5) is 5.95 Å². The zero-order valence-corrected chi connectivity index (χ0v) is 12.2. The van der Waals surface area contributed by atoms with Crippen LogP contribution in [0.15, 0.2) is 18.5 Å². The van der Waals surface area contributed by atoms with Gasteiger partial charge in [-0.3, -0.25) is 0 Å². The largest absolute Gasteiger partial charge is 0.340 e. The molecule has 0 aromatic carbocycles. The Kier molecular flexibility index (Phi) is 3.14. The number of likely N-dealkylation sites (tertiary alicyclic amines) is 1.